The second-order valence-electron chi connectivity index (χ2n) is 4.90. The summed E-state index contributed by atoms with van der Waals surface area (Å²) in [5, 5.41) is 0. The van der Waals surface area contributed by atoms with E-state index < -0.39 is 0 Å². The maximum absolute atomic E-state index is 5.58. The molecule has 0 bridgehead atoms. The minimum atomic E-state index is -0.231. The molecule has 0 aromatic heterocycles. The van der Waals surface area contributed by atoms with Crippen LogP contribution in [0.3, 0.4) is 0 Å². The lowest BCUT2D eigenvalue weighted by Crippen LogP contribution is -2.51. The third-order valence-electron chi connectivity index (χ3n) is 3.37. The van der Waals surface area contributed by atoms with Crippen molar-refractivity contribution >= 4 is 0 Å². The van der Waals surface area contributed by atoms with Crippen LogP contribution in [-0.2, 0) is 11.2 Å². The van der Waals surface area contributed by atoms with Crippen molar-refractivity contribution in [3.8, 4) is 0 Å². The molecule has 0 aliphatic rings. The average Bonchev–Trinajstić information content (AvgIpc) is 2.35. The Bertz CT molecular complexity index is 311. The number of hydrogen-bond acceptors (Lipinski definition) is 3. The summed E-state index contributed by atoms with van der Waals surface area (Å²) in [6, 6.07) is 10.7. The molecular weight excluding hydrogens is 212 g/mol. The van der Waals surface area contributed by atoms with Gasteiger partial charge in [-0.1, -0.05) is 30.3 Å². The van der Waals surface area contributed by atoms with Crippen molar-refractivity contribution in [1.82, 2.24) is 5.43 Å². The number of benzene rings is 1. The van der Waals surface area contributed by atoms with Gasteiger partial charge in [-0.3, -0.25) is 11.3 Å². The normalized spacial score (nSPS) is 13.6. The second-order valence-corrected chi connectivity index (χ2v) is 4.90. The van der Waals surface area contributed by atoms with Crippen molar-refractivity contribution in [1.29, 1.82) is 0 Å². The minimum Gasteiger partial charge on any atom is -0.377 e. The van der Waals surface area contributed by atoms with Crippen LogP contribution in [-0.4, -0.2) is 18.8 Å². The highest BCUT2D eigenvalue weighted by Gasteiger charge is 2.27. The molecule has 3 nitrogen and oxygen atoms in total. The van der Waals surface area contributed by atoms with Gasteiger partial charge in [-0.2, -0.15) is 0 Å². The van der Waals surface area contributed by atoms with Gasteiger partial charge in [0.15, 0.2) is 0 Å². The first kappa shape index (κ1) is 14.2. The molecule has 0 aliphatic heterocycles. The predicted octanol–water partition coefficient (Wildman–Crippen LogP) is 2.27. The highest BCUT2D eigenvalue weighted by Crippen LogP contribution is 2.18. The van der Waals surface area contributed by atoms with Crippen molar-refractivity contribution in [2.45, 2.75) is 44.8 Å². The van der Waals surface area contributed by atoms with Gasteiger partial charge in [0.1, 0.15) is 0 Å². The Morgan fingerprint density at radius 2 is 1.94 bits per heavy atom. The molecule has 1 unspecified atom stereocenters. The summed E-state index contributed by atoms with van der Waals surface area (Å²) < 4.78 is 5.45. The molecule has 0 saturated carbocycles. The Balaban J connectivity index is 2.39. The third kappa shape index (κ3) is 4.46. The quantitative estimate of drug-likeness (QED) is 0.564. The smallest absolute Gasteiger partial charge is 0.0788 e. The summed E-state index contributed by atoms with van der Waals surface area (Å²) in [4.78, 5) is 0. The van der Waals surface area contributed by atoms with E-state index in [9.17, 15) is 0 Å². The molecule has 0 fully saturated rings. The molecule has 1 rings (SSSR count). The summed E-state index contributed by atoms with van der Waals surface area (Å²) in [5.41, 5.74) is 4.00. The molecule has 1 aromatic carbocycles. The molecule has 3 N–H and O–H groups in total. The van der Waals surface area contributed by atoms with E-state index >= 15 is 0 Å². The van der Waals surface area contributed by atoms with E-state index in [1.807, 2.05) is 6.07 Å². The first-order chi connectivity index (χ1) is 8.10. The first-order valence-electron chi connectivity index (χ1n) is 6.15. The van der Waals surface area contributed by atoms with Crippen molar-refractivity contribution in [3.05, 3.63) is 35.9 Å². The second kappa shape index (κ2) is 6.74. The fourth-order valence-electron chi connectivity index (χ4n) is 1.93. The molecular formula is C14H24N2O. The molecule has 0 saturated heterocycles. The van der Waals surface area contributed by atoms with Crippen molar-refractivity contribution < 1.29 is 4.74 Å². The van der Waals surface area contributed by atoms with Gasteiger partial charge in [-0.05, 0) is 38.7 Å². The number of ether oxygens (including phenoxy) is 1. The van der Waals surface area contributed by atoms with Gasteiger partial charge in [-0.15, -0.1) is 0 Å². The number of hydrazine groups is 1. The van der Waals surface area contributed by atoms with Crippen LogP contribution < -0.4 is 11.3 Å². The molecule has 0 amide bonds. The number of nitrogens with two attached hydrogens (primary N) is 1. The lowest BCUT2D eigenvalue weighted by atomic mass is 9.93. The van der Waals surface area contributed by atoms with E-state index in [1.54, 1.807) is 7.11 Å². The largest absolute Gasteiger partial charge is 0.377 e. The number of hydrogen-bond donors (Lipinski definition) is 2. The highest BCUT2D eigenvalue weighted by atomic mass is 16.5. The Kier molecular flexibility index (Phi) is 5.62. The number of aryl methyl sites for hydroxylation is 1. The Morgan fingerprint density at radius 3 is 2.47 bits per heavy atom. The summed E-state index contributed by atoms with van der Waals surface area (Å²) in [7, 11) is 1.72. The maximum atomic E-state index is 5.58. The lowest BCUT2D eigenvalue weighted by molar-refractivity contribution is -0.0130. The molecule has 0 spiro atoms. The van der Waals surface area contributed by atoms with E-state index in [1.165, 1.54) is 5.56 Å². The number of nitrogens with one attached hydrogen (secondary N) is 1. The fraction of sp³-hybridized carbons (Fsp3) is 0.571. The zero-order chi connectivity index (χ0) is 12.7. The molecule has 1 aromatic rings. The summed E-state index contributed by atoms with van der Waals surface area (Å²) in [5.74, 6) is 5.58. The fourth-order valence-corrected chi connectivity index (χ4v) is 1.93. The van der Waals surface area contributed by atoms with Crippen LogP contribution in [0.4, 0.5) is 0 Å². The van der Waals surface area contributed by atoms with Gasteiger partial charge >= 0.3 is 0 Å². The van der Waals surface area contributed by atoms with Crippen LogP contribution in [0.1, 0.15) is 32.3 Å². The van der Waals surface area contributed by atoms with Crippen LogP contribution in [0.15, 0.2) is 30.3 Å². The standard InChI is InChI=1S/C14H24N2O/c1-14(2,17-3)13(16-15)11-7-10-12-8-5-4-6-9-12/h4-6,8-9,13,16H,7,10-11,15H2,1-3H3. The van der Waals surface area contributed by atoms with Crippen molar-refractivity contribution in [2.75, 3.05) is 7.11 Å². The number of rotatable bonds is 7. The van der Waals surface area contributed by atoms with Crippen molar-refractivity contribution in [3.63, 3.8) is 0 Å². The highest BCUT2D eigenvalue weighted by molar-refractivity contribution is 5.14. The molecule has 3 heteroatoms. The van der Waals surface area contributed by atoms with Gasteiger partial charge < -0.3 is 4.74 Å². The van der Waals surface area contributed by atoms with Gasteiger partial charge in [-0.25, -0.2) is 0 Å². The Morgan fingerprint density at radius 1 is 1.29 bits per heavy atom. The molecule has 1 atom stereocenters. The predicted molar refractivity (Wildman–Crippen MR) is 71.6 cm³/mol. The zero-order valence-corrected chi connectivity index (χ0v) is 11.1. The van der Waals surface area contributed by atoms with Gasteiger partial charge in [0.25, 0.3) is 0 Å². The van der Waals surface area contributed by atoms with E-state index in [-0.39, 0.29) is 11.6 Å². The molecule has 0 radical (unpaired) electrons. The van der Waals surface area contributed by atoms with Gasteiger partial charge in [0.05, 0.1) is 5.60 Å². The van der Waals surface area contributed by atoms with E-state index in [4.69, 9.17) is 10.6 Å². The topological polar surface area (TPSA) is 47.3 Å². The lowest BCUT2D eigenvalue weighted by Gasteiger charge is -2.32. The first-order valence-corrected chi connectivity index (χ1v) is 6.15. The summed E-state index contributed by atoms with van der Waals surface area (Å²) in [6.45, 7) is 4.11. The van der Waals surface area contributed by atoms with Crippen LogP contribution in [0.2, 0.25) is 0 Å². The van der Waals surface area contributed by atoms with Crippen LogP contribution >= 0.6 is 0 Å². The Labute approximate surface area is 104 Å². The van der Waals surface area contributed by atoms with E-state index in [0.717, 1.165) is 19.3 Å². The molecule has 17 heavy (non-hydrogen) atoms. The van der Waals surface area contributed by atoms with Gasteiger partial charge in [0, 0.05) is 13.2 Å². The molecule has 96 valence electrons. The Hall–Kier alpha value is -0.900. The zero-order valence-electron chi connectivity index (χ0n) is 11.1. The monoisotopic (exact) mass is 236 g/mol. The van der Waals surface area contributed by atoms with Crippen LogP contribution in [0, 0.1) is 0 Å². The molecule has 0 aliphatic carbocycles. The third-order valence-corrected chi connectivity index (χ3v) is 3.37. The summed E-state index contributed by atoms with van der Waals surface area (Å²) in [6.07, 6.45) is 3.19. The SMILES string of the molecule is COC(C)(C)C(CCCc1ccccc1)NN. The summed E-state index contributed by atoms with van der Waals surface area (Å²) >= 11 is 0. The van der Waals surface area contributed by atoms with E-state index in [2.05, 4.69) is 43.5 Å². The van der Waals surface area contributed by atoms with Crippen LogP contribution in [0.25, 0.3) is 0 Å². The maximum Gasteiger partial charge on any atom is 0.0788 e. The van der Waals surface area contributed by atoms with Gasteiger partial charge in [0.2, 0.25) is 0 Å². The number of methoxy groups -OCH3 is 1. The van der Waals surface area contributed by atoms with Crippen LogP contribution in [0.5, 0.6) is 0 Å². The molecule has 0 heterocycles. The average molecular weight is 236 g/mol. The minimum absolute atomic E-state index is 0.177. The van der Waals surface area contributed by atoms with Crippen molar-refractivity contribution in [2.24, 2.45) is 5.84 Å². The van der Waals surface area contributed by atoms with E-state index in [0.29, 0.717) is 0 Å².